The lowest BCUT2D eigenvalue weighted by atomic mass is 10.3. The number of hydrogen-bond donors (Lipinski definition) is 0. The molecule has 0 bridgehead atoms. The fourth-order valence-electron chi connectivity index (χ4n) is 1.12. The van der Waals surface area contributed by atoms with Crippen molar-refractivity contribution in [2.45, 2.75) is 38.3 Å². The van der Waals surface area contributed by atoms with Crippen LogP contribution in [0.15, 0.2) is 0 Å². The minimum atomic E-state index is -0.846. The standard InChI is InChI=1S/2C4H9.Al.ClH/c2*1-4(2)3;;/h2*4H,1H2,2-3H3;;1H/q;;-1;/p-1. The van der Waals surface area contributed by atoms with Crippen molar-refractivity contribution < 1.29 is 0 Å². The first-order chi connectivity index (χ1) is 4.52. The summed E-state index contributed by atoms with van der Waals surface area (Å²) >= 11 is -0.846. The van der Waals surface area contributed by atoms with Crippen molar-refractivity contribution in [3.63, 3.8) is 0 Å². The summed E-state index contributed by atoms with van der Waals surface area (Å²) in [6, 6.07) is 0. The summed E-state index contributed by atoms with van der Waals surface area (Å²) in [6.07, 6.45) is 0. The third-order valence-electron chi connectivity index (χ3n) is 1.45. The summed E-state index contributed by atoms with van der Waals surface area (Å²) in [5, 5.41) is 2.58. The third kappa shape index (κ3) is 6.94. The Balaban J connectivity index is 3.34. The van der Waals surface area contributed by atoms with E-state index in [0.717, 1.165) is 11.8 Å². The molecule has 0 saturated carbocycles. The molecule has 0 amide bonds. The Morgan fingerprint density at radius 1 is 1.00 bits per heavy atom. The van der Waals surface area contributed by atoms with Gasteiger partial charge in [-0.15, -0.1) is 11.8 Å². The Morgan fingerprint density at radius 2 is 1.30 bits per heavy atom. The van der Waals surface area contributed by atoms with Crippen LogP contribution in [-0.4, -0.2) is 13.2 Å². The SMILES string of the molecule is CC(C)[CH2][Al-2]([Cl])[CH2]C(C)C. The highest BCUT2D eigenvalue weighted by atomic mass is 35.6. The molecule has 0 N–H and O–H groups in total. The Bertz CT molecular complexity index is 71.3. The first-order valence-electron chi connectivity index (χ1n) is 4.16. The van der Waals surface area contributed by atoms with E-state index in [2.05, 4.69) is 27.7 Å². The van der Waals surface area contributed by atoms with Gasteiger partial charge in [-0.2, -0.15) is 0 Å². The lowest BCUT2D eigenvalue weighted by molar-refractivity contribution is 0.697. The van der Waals surface area contributed by atoms with Crippen LogP contribution in [0.25, 0.3) is 0 Å². The molecule has 0 nitrogen and oxygen atoms in total. The van der Waals surface area contributed by atoms with E-state index < -0.39 is 13.2 Å². The van der Waals surface area contributed by atoms with Crippen LogP contribution >= 0.6 is 10.0 Å². The van der Waals surface area contributed by atoms with Crippen molar-refractivity contribution in [1.82, 2.24) is 0 Å². The van der Waals surface area contributed by atoms with E-state index in [1.165, 1.54) is 10.6 Å². The second-order valence-corrected chi connectivity index (χ2v) is 7.85. The molecular weight excluding hydrogens is 159 g/mol. The van der Waals surface area contributed by atoms with Crippen molar-refractivity contribution in [2.75, 3.05) is 0 Å². The minimum Gasteiger partial charge on any atom is -0.666 e. The molecule has 0 radical (unpaired) electrons. The highest BCUT2D eigenvalue weighted by molar-refractivity contribution is 7.06. The van der Waals surface area contributed by atoms with Gasteiger partial charge in [0.15, 0.2) is 0 Å². The van der Waals surface area contributed by atoms with E-state index in [-0.39, 0.29) is 0 Å². The van der Waals surface area contributed by atoms with E-state index in [1.54, 1.807) is 0 Å². The molecular formula is C8H18AlCl-2. The van der Waals surface area contributed by atoms with Crippen LogP contribution < -0.4 is 0 Å². The van der Waals surface area contributed by atoms with Crippen LogP contribution in [0.2, 0.25) is 10.6 Å². The van der Waals surface area contributed by atoms with Gasteiger partial charge >= 0.3 is 0 Å². The predicted molar refractivity (Wildman–Crippen MR) is 50.9 cm³/mol. The van der Waals surface area contributed by atoms with Gasteiger partial charge < -0.3 is 33.8 Å². The van der Waals surface area contributed by atoms with E-state index in [1.807, 2.05) is 0 Å². The van der Waals surface area contributed by atoms with Gasteiger partial charge in [0.25, 0.3) is 0 Å². The van der Waals surface area contributed by atoms with E-state index in [0.29, 0.717) is 0 Å². The first-order valence-corrected chi connectivity index (χ1v) is 7.54. The average Bonchev–Trinajstić information content (AvgIpc) is 1.58. The lowest BCUT2D eigenvalue weighted by Gasteiger charge is -2.39. The molecule has 0 unspecified atom stereocenters. The fourth-order valence-corrected chi connectivity index (χ4v) is 5.50. The molecule has 0 spiro atoms. The molecule has 0 heterocycles. The van der Waals surface area contributed by atoms with Gasteiger partial charge in [-0.1, -0.05) is 27.7 Å². The van der Waals surface area contributed by atoms with Crippen LogP contribution in [-0.2, 0) is 0 Å². The van der Waals surface area contributed by atoms with Gasteiger partial charge in [-0.05, 0) is 0 Å². The molecule has 0 aliphatic rings. The molecule has 0 fully saturated rings. The van der Waals surface area contributed by atoms with E-state index in [9.17, 15) is 0 Å². The summed E-state index contributed by atoms with van der Waals surface area (Å²) < 4.78 is 0. The Labute approximate surface area is 73.6 Å². The van der Waals surface area contributed by atoms with Crippen LogP contribution in [0, 0.1) is 11.8 Å². The molecule has 0 aliphatic carbocycles. The van der Waals surface area contributed by atoms with Crippen molar-refractivity contribution in [2.24, 2.45) is 11.8 Å². The lowest BCUT2D eigenvalue weighted by Crippen LogP contribution is -2.09. The summed E-state index contributed by atoms with van der Waals surface area (Å²) in [6.45, 7) is 9.01. The predicted octanol–water partition coefficient (Wildman–Crippen LogP) is 3.53. The van der Waals surface area contributed by atoms with Crippen molar-refractivity contribution in [3.05, 3.63) is 0 Å². The molecule has 0 saturated heterocycles. The van der Waals surface area contributed by atoms with Crippen LogP contribution in [0.5, 0.6) is 0 Å². The van der Waals surface area contributed by atoms with Crippen LogP contribution in [0.1, 0.15) is 27.7 Å². The maximum Gasteiger partial charge on any atom is -0.0677 e. The van der Waals surface area contributed by atoms with Crippen LogP contribution in [0.4, 0.5) is 0 Å². The van der Waals surface area contributed by atoms with Crippen molar-refractivity contribution in [1.29, 1.82) is 0 Å². The molecule has 0 aromatic heterocycles. The molecule has 0 aliphatic heterocycles. The zero-order valence-corrected chi connectivity index (χ0v) is 9.43. The zero-order valence-electron chi connectivity index (χ0n) is 7.52. The normalized spacial score (nSPS) is 12.0. The monoisotopic (exact) mass is 176 g/mol. The Hall–Kier alpha value is 0.822. The minimum absolute atomic E-state index is 0.799. The zero-order chi connectivity index (χ0) is 8.15. The molecule has 0 aromatic carbocycles. The topological polar surface area (TPSA) is 0 Å². The molecule has 2 heteroatoms. The maximum atomic E-state index is 6.21. The second-order valence-electron chi connectivity index (χ2n) is 3.86. The first kappa shape index (κ1) is 10.8. The van der Waals surface area contributed by atoms with Gasteiger partial charge in [-0.25, -0.2) is 0 Å². The number of halogens is 1. The number of hydrogen-bond acceptors (Lipinski definition) is 0. The Kier molecular flexibility index (Phi) is 5.92. The second kappa shape index (κ2) is 5.47. The molecule has 10 heavy (non-hydrogen) atoms. The van der Waals surface area contributed by atoms with Gasteiger partial charge in [0.2, 0.25) is 0 Å². The maximum absolute atomic E-state index is 6.21. The van der Waals surface area contributed by atoms with Gasteiger partial charge in [0, 0.05) is 0 Å². The highest BCUT2D eigenvalue weighted by Crippen LogP contribution is 2.16. The summed E-state index contributed by atoms with van der Waals surface area (Å²) in [5.74, 6) is 1.60. The van der Waals surface area contributed by atoms with E-state index in [4.69, 9.17) is 10.0 Å². The summed E-state index contributed by atoms with van der Waals surface area (Å²) in [5.41, 5.74) is 0. The van der Waals surface area contributed by atoms with Crippen molar-refractivity contribution >= 4 is 23.3 Å². The highest BCUT2D eigenvalue weighted by Gasteiger charge is 1.86. The van der Waals surface area contributed by atoms with Crippen LogP contribution in [0.3, 0.4) is 0 Å². The molecule has 62 valence electrons. The Morgan fingerprint density at radius 3 is 1.50 bits per heavy atom. The van der Waals surface area contributed by atoms with Crippen molar-refractivity contribution in [3.8, 4) is 0 Å². The smallest absolute Gasteiger partial charge is 0.0677 e. The quantitative estimate of drug-likeness (QED) is 0.575. The summed E-state index contributed by atoms with van der Waals surface area (Å²) in [7, 11) is 6.21. The third-order valence-corrected chi connectivity index (χ3v) is 5.43. The largest absolute Gasteiger partial charge is 0.666 e. The van der Waals surface area contributed by atoms with Gasteiger partial charge in [-0.3, -0.25) is 0 Å². The molecule has 0 atom stereocenters. The molecule has 0 aromatic rings. The molecule has 0 rings (SSSR count). The van der Waals surface area contributed by atoms with Gasteiger partial charge in [0.05, 0.1) is 0 Å². The average molecular weight is 177 g/mol. The summed E-state index contributed by atoms with van der Waals surface area (Å²) in [4.78, 5) is 0. The number of rotatable bonds is 4. The van der Waals surface area contributed by atoms with Gasteiger partial charge in [0.1, 0.15) is 0 Å². The van der Waals surface area contributed by atoms with E-state index >= 15 is 0 Å². The fraction of sp³-hybridized carbons (Fsp3) is 1.00.